The van der Waals surface area contributed by atoms with Gasteiger partial charge in [0.2, 0.25) is 0 Å². The van der Waals surface area contributed by atoms with Crippen molar-refractivity contribution in [2.75, 3.05) is 14.2 Å². The fraction of sp³-hybridized carbons (Fsp3) is 0.167. The lowest BCUT2D eigenvalue weighted by atomic mass is 9.82. The van der Waals surface area contributed by atoms with Gasteiger partial charge in [-0.25, -0.2) is 9.18 Å². The molecule has 6 nitrogen and oxygen atoms in total. The van der Waals surface area contributed by atoms with E-state index in [4.69, 9.17) is 9.47 Å². The highest BCUT2D eigenvalue weighted by Gasteiger charge is 2.53. The molecule has 0 radical (unpaired) electrons. The van der Waals surface area contributed by atoms with Crippen LogP contribution < -0.4 is 14.8 Å². The van der Waals surface area contributed by atoms with Gasteiger partial charge in [0, 0.05) is 5.56 Å². The number of nitrogens with one attached hydrogen (secondary N) is 1. The highest BCUT2D eigenvalue weighted by atomic mass is 19.1. The first-order valence-corrected chi connectivity index (χ1v) is 9.66. The number of nitrogens with zero attached hydrogens (tertiary/aromatic N) is 1. The standard InChI is InChI=1S/C24H21FN2O4/c1-30-19-11-7-17(8-12-19)24(18-9-13-20(31-2)14-10-18)22(28)27(23(29)26-24)15-16-5-3-4-6-21(16)25/h3-14H,15H2,1-2H3,(H,26,29). The first-order chi connectivity index (χ1) is 15.0. The predicted octanol–water partition coefficient (Wildman–Crippen LogP) is 3.84. The van der Waals surface area contributed by atoms with E-state index in [2.05, 4.69) is 5.32 Å². The summed E-state index contributed by atoms with van der Waals surface area (Å²) >= 11 is 0. The summed E-state index contributed by atoms with van der Waals surface area (Å²) in [5.74, 6) is 0.271. The van der Waals surface area contributed by atoms with Gasteiger partial charge >= 0.3 is 6.03 Å². The zero-order chi connectivity index (χ0) is 22.0. The molecule has 1 N–H and O–H groups in total. The van der Waals surface area contributed by atoms with Crippen LogP contribution >= 0.6 is 0 Å². The second-order valence-electron chi connectivity index (χ2n) is 7.12. The van der Waals surface area contributed by atoms with Crippen LogP contribution in [0.4, 0.5) is 9.18 Å². The molecule has 31 heavy (non-hydrogen) atoms. The minimum atomic E-state index is -1.46. The summed E-state index contributed by atoms with van der Waals surface area (Å²) in [4.78, 5) is 27.7. The third-order valence-electron chi connectivity index (χ3n) is 5.44. The van der Waals surface area contributed by atoms with E-state index in [1.165, 1.54) is 6.07 Å². The number of ether oxygens (including phenoxy) is 2. The maximum Gasteiger partial charge on any atom is 0.325 e. The van der Waals surface area contributed by atoms with Crippen molar-refractivity contribution in [3.05, 3.63) is 95.3 Å². The van der Waals surface area contributed by atoms with E-state index in [1.807, 2.05) is 0 Å². The van der Waals surface area contributed by atoms with Crippen molar-refractivity contribution < 1.29 is 23.5 Å². The summed E-state index contributed by atoms with van der Waals surface area (Å²) in [6, 6.07) is 19.3. The third kappa shape index (κ3) is 3.48. The number of methoxy groups -OCH3 is 2. The summed E-state index contributed by atoms with van der Waals surface area (Å²) in [7, 11) is 3.10. The normalized spacial score (nSPS) is 15.0. The van der Waals surface area contributed by atoms with E-state index in [1.54, 1.807) is 80.9 Å². The summed E-state index contributed by atoms with van der Waals surface area (Å²) in [5.41, 5.74) is -0.0760. The zero-order valence-corrected chi connectivity index (χ0v) is 17.1. The molecule has 0 unspecified atom stereocenters. The van der Waals surface area contributed by atoms with Crippen molar-refractivity contribution in [1.29, 1.82) is 0 Å². The molecule has 3 amide bonds. The Labute approximate surface area is 179 Å². The van der Waals surface area contributed by atoms with Crippen molar-refractivity contribution in [3.8, 4) is 11.5 Å². The van der Waals surface area contributed by atoms with Crippen LogP contribution in [-0.2, 0) is 16.9 Å². The van der Waals surface area contributed by atoms with Gasteiger partial charge in [0.05, 0.1) is 20.8 Å². The van der Waals surface area contributed by atoms with Crippen molar-refractivity contribution in [3.63, 3.8) is 0 Å². The van der Waals surface area contributed by atoms with Crippen LogP contribution in [0.3, 0.4) is 0 Å². The number of carbonyl (C=O) groups is 2. The molecule has 158 valence electrons. The number of carbonyl (C=O) groups excluding carboxylic acids is 2. The van der Waals surface area contributed by atoms with E-state index >= 15 is 0 Å². The Kier molecular flexibility index (Phi) is 5.33. The van der Waals surface area contributed by atoms with Crippen LogP contribution in [0.5, 0.6) is 11.5 Å². The Morgan fingerprint density at radius 3 is 1.84 bits per heavy atom. The maximum absolute atomic E-state index is 14.2. The van der Waals surface area contributed by atoms with Gasteiger partial charge in [0.1, 0.15) is 17.3 Å². The number of benzene rings is 3. The topological polar surface area (TPSA) is 67.9 Å². The maximum atomic E-state index is 14.2. The molecular formula is C24H21FN2O4. The van der Waals surface area contributed by atoms with E-state index < -0.39 is 23.3 Å². The van der Waals surface area contributed by atoms with E-state index in [0.717, 1.165) is 4.90 Å². The van der Waals surface area contributed by atoms with Gasteiger partial charge in [-0.05, 0) is 41.5 Å². The Hall–Kier alpha value is -3.87. The lowest BCUT2D eigenvalue weighted by Crippen LogP contribution is -2.45. The molecular weight excluding hydrogens is 399 g/mol. The summed E-state index contributed by atoms with van der Waals surface area (Å²) in [6.07, 6.45) is 0. The van der Waals surface area contributed by atoms with Gasteiger partial charge in [-0.1, -0.05) is 42.5 Å². The minimum absolute atomic E-state index is 0.175. The molecule has 0 spiro atoms. The third-order valence-corrected chi connectivity index (χ3v) is 5.44. The molecule has 1 fully saturated rings. The van der Waals surface area contributed by atoms with Crippen molar-refractivity contribution in [2.45, 2.75) is 12.1 Å². The average molecular weight is 420 g/mol. The molecule has 0 aromatic heterocycles. The fourth-order valence-electron chi connectivity index (χ4n) is 3.76. The summed E-state index contributed by atoms with van der Waals surface area (Å²) < 4.78 is 24.6. The molecule has 4 rings (SSSR count). The van der Waals surface area contributed by atoms with Gasteiger partial charge in [-0.2, -0.15) is 0 Å². The van der Waals surface area contributed by atoms with Crippen LogP contribution in [-0.4, -0.2) is 31.1 Å². The Bertz CT molecular complexity index is 1070. The second kappa shape index (κ2) is 8.10. The number of imide groups is 1. The Morgan fingerprint density at radius 2 is 1.35 bits per heavy atom. The fourth-order valence-corrected chi connectivity index (χ4v) is 3.76. The Balaban J connectivity index is 1.81. The summed E-state index contributed by atoms with van der Waals surface area (Å²) in [6.45, 7) is -0.175. The lowest BCUT2D eigenvalue weighted by molar-refractivity contribution is -0.130. The molecule has 3 aromatic carbocycles. The van der Waals surface area contributed by atoms with Gasteiger partial charge in [-0.3, -0.25) is 9.69 Å². The van der Waals surface area contributed by atoms with Crippen LogP contribution in [0.25, 0.3) is 0 Å². The van der Waals surface area contributed by atoms with Crippen LogP contribution in [0.1, 0.15) is 16.7 Å². The second-order valence-corrected chi connectivity index (χ2v) is 7.12. The molecule has 1 heterocycles. The number of hydrogen-bond donors (Lipinski definition) is 1. The van der Waals surface area contributed by atoms with Crippen molar-refractivity contribution in [1.82, 2.24) is 10.2 Å². The van der Waals surface area contributed by atoms with Crippen molar-refractivity contribution in [2.24, 2.45) is 0 Å². The molecule has 0 aliphatic carbocycles. The van der Waals surface area contributed by atoms with Crippen molar-refractivity contribution >= 4 is 11.9 Å². The number of amides is 3. The molecule has 0 bridgehead atoms. The first kappa shape index (κ1) is 20.4. The average Bonchev–Trinajstić information content (AvgIpc) is 3.06. The van der Waals surface area contributed by atoms with Gasteiger partial charge in [-0.15, -0.1) is 0 Å². The van der Waals surface area contributed by atoms with E-state index in [0.29, 0.717) is 22.6 Å². The van der Waals surface area contributed by atoms with E-state index in [9.17, 15) is 14.0 Å². The molecule has 3 aromatic rings. The largest absolute Gasteiger partial charge is 0.497 e. The number of halogens is 1. The Morgan fingerprint density at radius 1 is 0.839 bits per heavy atom. The zero-order valence-electron chi connectivity index (χ0n) is 17.1. The van der Waals surface area contributed by atoms with Gasteiger partial charge < -0.3 is 14.8 Å². The lowest BCUT2D eigenvalue weighted by Gasteiger charge is -2.28. The molecule has 0 atom stereocenters. The van der Waals surface area contributed by atoms with Crippen LogP contribution in [0.15, 0.2) is 72.8 Å². The molecule has 7 heteroatoms. The first-order valence-electron chi connectivity index (χ1n) is 9.66. The van der Waals surface area contributed by atoms with Crippen LogP contribution in [0.2, 0.25) is 0 Å². The van der Waals surface area contributed by atoms with Gasteiger partial charge in [0.15, 0.2) is 5.54 Å². The minimum Gasteiger partial charge on any atom is -0.497 e. The summed E-state index contributed by atoms with van der Waals surface area (Å²) in [5, 5.41) is 2.85. The molecule has 1 saturated heterocycles. The SMILES string of the molecule is COc1ccc(C2(c3ccc(OC)cc3)NC(=O)N(Cc3ccccc3F)C2=O)cc1. The number of urea groups is 1. The molecule has 0 saturated carbocycles. The molecule has 1 aliphatic heterocycles. The van der Waals surface area contributed by atoms with Crippen LogP contribution in [0, 0.1) is 5.82 Å². The predicted molar refractivity (Wildman–Crippen MR) is 112 cm³/mol. The number of rotatable bonds is 6. The van der Waals surface area contributed by atoms with E-state index in [-0.39, 0.29) is 12.1 Å². The van der Waals surface area contributed by atoms with Gasteiger partial charge in [0.25, 0.3) is 5.91 Å². The quantitative estimate of drug-likeness (QED) is 0.616. The molecule has 1 aliphatic rings. The highest BCUT2D eigenvalue weighted by molar-refractivity contribution is 6.09. The highest BCUT2D eigenvalue weighted by Crippen LogP contribution is 2.38. The number of hydrogen-bond acceptors (Lipinski definition) is 4. The monoisotopic (exact) mass is 420 g/mol. The smallest absolute Gasteiger partial charge is 0.325 e.